The molecule has 0 aliphatic heterocycles. The van der Waals surface area contributed by atoms with Crippen LogP contribution in [-0.2, 0) is 14.8 Å². The van der Waals surface area contributed by atoms with E-state index in [1.807, 2.05) is 20.8 Å². The zero-order valence-electron chi connectivity index (χ0n) is 11.4. The zero-order chi connectivity index (χ0) is 14.4. The molecule has 0 saturated heterocycles. The van der Waals surface area contributed by atoms with Crippen LogP contribution in [0.4, 0.5) is 0 Å². The van der Waals surface area contributed by atoms with Crippen LogP contribution in [0.3, 0.4) is 0 Å². The highest BCUT2D eigenvalue weighted by Crippen LogP contribution is 2.01. The van der Waals surface area contributed by atoms with Gasteiger partial charge in [0, 0.05) is 11.4 Å². The van der Waals surface area contributed by atoms with Crippen LogP contribution in [0.5, 0.6) is 0 Å². The summed E-state index contributed by atoms with van der Waals surface area (Å²) in [5.74, 6) is 0.103. The molecule has 0 aliphatic carbocycles. The van der Waals surface area contributed by atoms with E-state index in [4.69, 9.17) is 11.6 Å². The Morgan fingerprint density at radius 1 is 1.28 bits per heavy atom. The Morgan fingerprint density at radius 2 is 1.83 bits per heavy atom. The highest BCUT2D eigenvalue weighted by molar-refractivity contribution is 7.89. The molecule has 0 saturated carbocycles. The minimum absolute atomic E-state index is 0.00709. The first-order valence-electron chi connectivity index (χ1n) is 5.95. The van der Waals surface area contributed by atoms with E-state index in [2.05, 4.69) is 10.0 Å². The van der Waals surface area contributed by atoms with E-state index in [-0.39, 0.29) is 17.2 Å². The van der Waals surface area contributed by atoms with E-state index >= 15 is 0 Å². The maximum absolute atomic E-state index is 11.7. The number of halogens is 1. The van der Waals surface area contributed by atoms with E-state index in [0.717, 1.165) is 0 Å². The van der Waals surface area contributed by atoms with Gasteiger partial charge in [-0.2, -0.15) is 0 Å². The fraction of sp³-hybridized carbons (Fsp3) is 0.909. The quantitative estimate of drug-likeness (QED) is 0.548. The van der Waals surface area contributed by atoms with Gasteiger partial charge in [-0.05, 0) is 40.5 Å². The first kappa shape index (κ1) is 17.7. The number of hydrogen-bond donors (Lipinski definition) is 2. The van der Waals surface area contributed by atoms with Crippen LogP contribution in [0.2, 0.25) is 0 Å². The van der Waals surface area contributed by atoms with Crippen LogP contribution in [0, 0.1) is 0 Å². The molecule has 0 heterocycles. The molecule has 5 nitrogen and oxygen atoms in total. The van der Waals surface area contributed by atoms with E-state index in [9.17, 15) is 13.2 Å². The number of sulfonamides is 1. The molecule has 1 amide bonds. The van der Waals surface area contributed by atoms with Crippen molar-refractivity contribution in [2.45, 2.75) is 52.1 Å². The summed E-state index contributed by atoms with van der Waals surface area (Å²) < 4.78 is 25.7. The molecule has 0 radical (unpaired) electrons. The maximum Gasteiger partial charge on any atom is 0.238 e. The second-order valence-electron chi connectivity index (χ2n) is 5.29. The third-order valence-corrected chi connectivity index (χ3v) is 3.85. The Labute approximate surface area is 115 Å². The average Bonchev–Trinajstić information content (AvgIpc) is 2.14. The van der Waals surface area contributed by atoms with E-state index < -0.39 is 16.1 Å². The predicted octanol–water partition coefficient (Wildman–Crippen LogP) is 1.23. The van der Waals surface area contributed by atoms with Crippen molar-refractivity contribution in [3.05, 3.63) is 0 Å². The van der Waals surface area contributed by atoms with Gasteiger partial charge in [0.25, 0.3) is 0 Å². The fourth-order valence-electron chi connectivity index (χ4n) is 1.25. The van der Waals surface area contributed by atoms with Gasteiger partial charge in [-0.1, -0.05) is 0 Å². The van der Waals surface area contributed by atoms with Crippen LogP contribution in [0.25, 0.3) is 0 Å². The molecule has 7 heteroatoms. The SMILES string of the molecule is CC(NS(=O)(=O)CCCCCl)C(=O)NC(C)(C)C. The van der Waals surface area contributed by atoms with Gasteiger partial charge in [-0.25, -0.2) is 13.1 Å². The molecular formula is C11H23ClN2O3S. The standard InChI is InChI=1S/C11H23ClN2O3S/c1-9(10(15)13-11(2,3)4)14-18(16,17)8-6-5-7-12/h9,14H,5-8H2,1-4H3,(H,13,15). The highest BCUT2D eigenvalue weighted by atomic mass is 35.5. The minimum atomic E-state index is -3.42. The lowest BCUT2D eigenvalue weighted by atomic mass is 10.1. The molecule has 0 aromatic carbocycles. The van der Waals surface area contributed by atoms with Gasteiger partial charge in [0.15, 0.2) is 0 Å². The molecule has 18 heavy (non-hydrogen) atoms. The number of alkyl halides is 1. The number of nitrogens with one attached hydrogen (secondary N) is 2. The van der Waals surface area contributed by atoms with Gasteiger partial charge in [-0.3, -0.25) is 4.79 Å². The van der Waals surface area contributed by atoms with Gasteiger partial charge in [0.1, 0.15) is 0 Å². The van der Waals surface area contributed by atoms with Crippen molar-refractivity contribution in [2.24, 2.45) is 0 Å². The van der Waals surface area contributed by atoms with Crippen molar-refractivity contribution in [2.75, 3.05) is 11.6 Å². The molecule has 0 rings (SSSR count). The summed E-state index contributed by atoms with van der Waals surface area (Å²) in [6, 6.07) is -0.773. The molecule has 0 aromatic rings. The largest absolute Gasteiger partial charge is 0.350 e. The van der Waals surface area contributed by atoms with E-state index in [1.165, 1.54) is 6.92 Å². The summed E-state index contributed by atoms with van der Waals surface area (Å²) in [6.45, 7) is 7.05. The Bertz CT molecular complexity index is 363. The van der Waals surface area contributed by atoms with Gasteiger partial charge < -0.3 is 5.32 Å². The average molecular weight is 299 g/mol. The van der Waals surface area contributed by atoms with Gasteiger partial charge >= 0.3 is 0 Å². The Hall–Kier alpha value is -0.330. The summed E-state index contributed by atoms with van der Waals surface area (Å²) in [6.07, 6.45) is 1.14. The van der Waals surface area contributed by atoms with Crippen molar-refractivity contribution in [3.63, 3.8) is 0 Å². The van der Waals surface area contributed by atoms with Crippen molar-refractivity contribution >= 4 is 27.5 Å². The van der Waals surface area contributed by atoms with Gasteiger partial charge in [0.2, 0.25) is 15.9 Å². The minimum Gasteiger partial charge on any atom is -0.350 e. The molecule has 2 N–H and O–H groups in total. The molecule has 0 bridgehead atoms. The Morgan fingerprint density at radius 3 is 2.28 bits per heavy atom. The third-order valence-electron chi connectivity index (χ3n) is 2.04. The number of carbonyl (C=O) groups excluding carboxylic acids is 1. The molecule has 1 atom stereocenters. The van der Waals surface area contributed by atoms with Crippen molar-refractivity contribution in [1.82, 2.24) is 10.0 Å². The van der Waals surface area contributed by atoms with Crippen molar-refractivity contribution in [3.8, 4) is 0 Å². The van der Waals surface area contributed by atoms with E-state index in [1.54, 1.807) is 0 Å². The van der Waals surface area contributed by atoms with Crippen LogP contribution in [0.1, 0.15) is 40.5 Å². The fourth-order valence-corrected chi connectivity index (χ4v) is 2.78. The third kappa shape index (κ3) is 8.72. The highest BCUT2D eigenvalue weighted by Gasteiger charge is 2.23. The summed E-state index contributed by atoms with van der Waals surface area (Å²) in [7, 11) is -3.42. The molecule has 1 unspecified atom stereocenters. The Balaban J connectivity index is 4.29. The second-order valence-corrected chi connectivity index (χ2v) is 7.55. The lowest BCUT2D eigenvalue weighted by Gasteiger charge is -2.23. The summed E-state index contributed by atoms with van der Waals surface area (Å²) in [5.41, 5.74) is -0.380. The van der Waals surface area contributed by atoms with Crippen LogP contribution < -0.4 is 10.0 Å². The molecule has 0 fully saturated rings. The van der Waals surface area contributed by atoms with Crippen molar-refractivity contribution in [1.29, 1.82) is 0 Å². The topological polar surface area (TPSA) is 75.3 Å². The van der Waals surface area contributed by atoms with Gasteiger partial charge in [-0.15, -0.1) is 11.6 Å². The van der Waals surface area contributed by atoms with Crippen LogP contribution in [0.15, 0.2) is 0 Å². The van der Waals surface area contributed by atoms with Crippen LogP contribution >= 0.6 is 11.6 Å². The maximum atomic E-state index is 11.7. The number of carbonyl (C=O) groups is 1. The Kier molecular flexibility index (Phi) is 7.17. The molecule has 0 aromatic heterocycles. The molecule has 0 aliphatic rings. The monoisotopic (exact) mass is 298 g/mol. The zero-order valence-corrected chi connectivity index (χ0v) is 13.0. The smallest absolute Gasteiger partial charge is 0.238 e. The summed E-state index contributed by atoms with van der Waals surface area (Å²) in [4.78, 5) is 11.7. The lowest BCUT2D eigenvalue weighted by molar-refractivity contribution is -0.123. The number of unbranched alkanes of at least 4 members (excludes halogenated alkanes) is 1. The summed E-state index contributed by atoms with van der Waals surface area (Å²) in [5, 5.41) is 2.72. The number of amides is 1. The lowest BCUT2D eigenvalue weighted by Crippen LogP contribution is -2.51. The molecular weight excluding hydrogens is 276 g/mol. The molecule has 0 spiro atoms. The molecule has 108 valence electrons. The first-order chi connectivity index (χ1) is 8.07. The normalized spacial score (nSPS) is 14.3. The van der Waals surface area contributed by atoms with E-state index in [0.29, 0.717) is 18.7 Å². The van der Waals surface area contributed by atoms with Crippen LogP contribution in [-0.4, -0.2) is 37.5 Å². The second kappa shape index (κ2) is 7.31. The number of hydrogen-bond acceptors (Lipinski definition) is 3. The number of rotatable bonds is 7. The van der Waals surface area contributed by atoms with Gasteiger partial charge in [0.05, 0.1) is 11.8 Å². The van der Waals surface area contributed by atoms with Crippen molar-refractivity contribution < 1.29 is 13.2 Å². The predicted molar refractivity (Wildman–Crippen MR) is 74.2 cm³/mol. The summed E-state index contributed by atoms with van der Waals surface area (Å²) >= 11 is 5.48. The first-order valence-corrected chi connectivity index (χ1v) is 8.14.